The summed E-state index contributed by atoms with van der Waals surface area (Å²) in [6, 6.07) is 10.1. The van der Waals surface area contributed by atoms with Crippen LogP contribution < -0.4 is 20.3 Å². The number of halogens is 3. The predicted octanol–water partition coefficient (Wildman–Crippen LogP) is 4.89. The van der Waals surface area contributed by atoms with E-state index in [1.165, 1.54) is 13.2 Å². The molecule has 0 unspecified atom stereocenters. The molecule has 13 heteroatoms. The van der Waals surface area contributed by atoms with Crippen LogP contribution >= 0.6 is 0 Å². The molecule has 0 spiro atoms. The van der Waals surface area contributed by atoms with E-state index in [2.05, 4.69) is 9.88 Å². The van der Waals surface area contributed by atoms with Crippen molar-refractivity contribution in [3.63, 3.8) is 0 Å². The highest BCUT2D eigenvalue weighted by Gasteiger charge is 2.46. The Labute approximate surface area is 246 Å². The average Bonchev–Trinajstić information content (AvgIpc) is 3.00. The van der Waals surface area contributed by atoms with Crippen LogP contribution in [-0.2, 0) is 17.3 Å². The maximum Gasteiger partial charge on any atom is 0.416 e. The first kappa shape index (κ1) is 30.1. The molecule has 43 heavy (non-hydrogen) atoms. The molecule has 4 heterocycles. The number of amides is 1. The number of hydrogen-bond donors (Lipinski definition) is 2. The maximum absolute atomic E-state index is 13.7. The number of nitriles is 1. The van der Waals surface area contributed by atoms with E-state index in [0.29, 0.717) is 43.3 Å². The van der Waals surface area contributed by atoms with Gasteiger partial charge in [0.1, 0.15) is 5.66 Å². The summed E-state index contributed by atoms with van der Waals surface area (Å²) in [6.45, 7) is 4.06. The molecule has 0 bridgehead atoms. The van der Waals surface area contributed by atoms with E-state index in [9.17, 15) is 28.3 Å². The number of nitrogens with two attached hydrogens (primary N) is 1. The van der Waals surface area contributed by atoms with Crippen molar-refractivity contribution in [3.05, 3.63) is 76.2 Å². The Kier molecular flexibility index (Phi) is 8.18. The molecule has 1 amide bonds. The SMILES string of the molecule is CC[C@]1(N)C[C@@H](c2ncc(N3CCOCC3)cc2Cc2cc(C#N)cc(C(F)(F)F)c2)c2nc(OC)ccc2N1C(=O)O. The molecule has 2 aliphatic rings. The molecule has 2 atom stereocenters. The Morgan fingerprint density at radius 1 is 1.23 bits per heavy atom. The minimum Gasteiger partial charge on any atom is -0.481 e. The molecular weight excluding hydrogens is 565 g/mol. The Balaban J connectivity index is 1.70. The van der Waals surface area contributed by atoms with Crippen molar-refractivity contribution in [1.29, 1.82) is 5.26 Å². The zero-order valence-corrected chi connectivity index (χ0v) is 23.7. The van der Waals surface area contributed by atoms with Crippen molar-refractivity contribution in [1.82, 2.24) is 9.97 Å². The van der Waals surface area contributed by atoms with Crippen molar-refractivity contribution in [2.45, 2.75) is 43.9 Å². The van der Waals surface area contributed by atoms with Gasteiger partial charge in [0.15, 0.2) is 0 Å². The van der Waals surface area contributed by atoms with Crippen molar-refractivity contribution in [3.8, 4) is 11.9 Å². The van der Waals surface area contributed by atoms with Crippen LogP contribution in [0.5, 0.6) is 5.88 Å². The van der Waals surface area contributed by atoms with Gasteiger partial charge in [0.05, 0.1) is 66.5 Å². The number of morpholine rings is 1. The number of hydrogen-bond acceptors (Lipinski definition) is 8. The molecule has 0 saturated carbocycles. The van der Waals surface area contributed by atoms with Crippen LogP contribution in [-0.4, -0.2) is 60.2 Å². The van der Waals surface area contributed by atoms with Gasteiger partial charge in [-0.25, -0.2) is 9.78 Å². The number of pyridine rings is 2. The lowest BCUT2D eigenvalue weighted by atomic mass is 9.80. The number of carbonyl (C=O) groups is 1. The van der Waals surface area contributed by atoms with Gasteiger partial charge in [-0.3, -0.25) is 9.88 Å². The van der Waals surface area contributed by atoms with Crippen molar-refractivity contribution in [2.24, 2.45) is 5.73 Å². The van der Waals surface area contributed by atoms with Gasteiger partial charge in [-0.05, 0) is 60.7 Å². The monoisotopic (exact) mass is 596 g/mol. The van der Waals surface area contributed by atoms with E-state index in [4.69, 9.17) is 20.2 Å². The largest absolute Gasteiger partial charge is 0.481 e. The summed E-state index contributed by atoms with van der Waals surface area (Å²) < 4.78 is 52.0. The zero-order chi connectivity index (χ0) is 30.9. The summed E-state index contributed by atoms with van der Waals surface area (Å²) in [4.78, 5) is 25.1. The van der Waals surface area contributed by atoms with Crippen LogP contribution in [0.15, 0.2) is 42.6 Å². The first-order valence-electron chi connectivity index (χ1n) is 13.8. The minimum absolute atomic E-state index is 0.0290. The molecule has 5 rings (SSSR count). The van der Waals surface area contributed by atoms with Gasteiger partial charge in [0, 0.05) is 25.1 Å². The molecule has 2 aromatic heterocycles. The van der Waals surface area contributed by atoms with Gasteiger partial charge in [0.2, 0.25) is 5.88 Å². The Morgan fingerprint density at radius 2 is 1.98 bits per heavy atom. The van der Waals surface area contributed by atoms with E-state index in [-0.39, 0.29) is 42.0 Å². The third-order valence-electron chi connectivity index (χ3n) is 8.00. The summed E-state index contributed by atoms with van der Waals surface area (Å²) in [5.74, 6) is -0.348. The van der Waals surface area contributed by atoms with E-state index in [0.717, 1.165) is 22.7 Å². The molecule has 0 radical (unpaired) electrons. The number of anilines is 2. The van der Waals surface area contributed by atoms with Crippen LogP contribution in [0.25, 0.3) is 0 Å². The van der Waals surface area contributed by atoms with Crippen LogP contribution in [0, 0.1) is 11.3 Å². The van der Waals surface area contributed by atoms with E-state index in [1.807, 2.05) is 12.1 Å². The number of rotatable bonds is 6. The highest BCUT2D eigenvalue weighted by atomic mass is 19.4. The Hall–Kier alpha value is -4.41. The highest BCUT2D eigenvalue weighted by Crippen LogP contribution is 2.46. The highest BCUT2D eigenvalue weighted by molar-refractivity contribution is 5.89. The molecule has 10 nitrogen and oxygen atoms in total. The van der Waals surface area contributed by atoms with Gasteiger partial charge in [-0.15, -0.1) is 0 Å². The second-order valence-corrected chi connectivity index (χ2v) is 10.6. The molecule has 1 fully saturated rings. The fourth-order valence-corrected chi connectivity index (χ4v) is 5.81. The number of ether oxygens (including phenoxy) is 2. The lowest BCUT2D eigenvalue weighted by Crippen LogP contribution is -2.61. The Bertz CT molecular complexity index is 1570. The lowest BCUT2D eigenvalue weighted by molar-refractivity contribution is -0.137. The number of alkyl halides is 3. The minimum atomic E-state index is -4.64. The first-order valence-corrected chi connectivity index (χ1v) is 13.8. The fourth-order valence-electron chi connectivity index (χ4n) is 5.81. The number of fused-ring (bicyclic) bond motifs is 1. The molecule has 0 aliphatic carbocycles. The lowest BCUT2D eigenvalue weighted by Gasteiger charge is -2.45. The predicted molar refractivity (Wildman–Crippen MR) is 151 cm³/mol. The van der Waals surface area contributed by atoms with Crippen LogP contribution in [0.1, 0.15) is 59.3 Å². The Morgan fingerprint density at radius 3 is 2.60 bits per heavy atom. The second-order valence-electron chi connectivity index (χ2n) is 10.6. The third kappa shape index (κ3) is 5.93. The van der Waals surface area contributed by atoms with E-state index in [1.54, 1.807) is 25.3 Å². The quantitative estimate of drug-likeness (QED) is 0.407. The second kappa shape index (κ2) is 11.7. The van der Waals surface area contributed by atoms with Gasteiger partial charge in [-0.1, -0.05) is 6.92 Å². The molecule has 3 N–H and O–H groups in total. The van der Waals surface area contributed by atoms with Gasteiger partial charge < -0.3 is 25.2 Å². The fraction of sp³-hybridized carbons (Fsp3) is 0.400. The number of nitrogens with zero attached hydrogens (tertiary/aromatic N) is 5. The van der Waals surface area contributed by atoms with Crippen LogP contribution in [0.3, 0.4) is 0 Å². The van der Waals surface area contributed by atoms with Gasteiger partial charge in [0.25, 0.3) is 0 Å². The third-order valence-corrected chi connectivity index (χ3v) is 8.00. The normalized spacial score (nSPS) is 20.3. The number of carboxylic acid groups (broad SMARTS) is 1. The van der Waals surface area contributed by atoms with Gasteiger partial charge in [-0.2, -0.15) is 18.4 Å². The van der Waals surface area contributed by atoms with Crippen LogP contribution in [0.2, 0.25) is 0 Å². The summed E-state index contributed by atoms with van der Waals surface area (Å²) in [5.41, 5.74) is 7.23. The zero-order valence-electron chi connectivity index (χ0n) is 23.7. The maximum atomic E-state index is 13.7. The standard InChI is InChI=1S/C30H31F3N6O4/c1-3-29(35)15-23(27-24(39(29)28(40)41)4-5-25(37-27)42-2)26-20(14-22(17-36-26)38-6-8-43-9-7-38)11-18-10-19(16-34)13-21(12-18)30(31,32)33/h4-5,10,12-14,17,23H,3,6-9,11,15,35H2,1-2H3,(H,40,41)/t23-,29+/m0/s1. The van der Waals surface area contributed by atoms with E-state index >= 15 is 0 Å². The molecule has 1 saturated heterocycles. The summed E-state index contributed by atoms with van der Waals surface area (Å²) in [5, 5.41) is 19.6. The van der Waals surface area contributed by atoms with Gasteiger partial charge >= 0.3 is 12.3 Å². The molecule has 2 aliphatic heterocycles. The van der Waals surface area contributed by atoms with E-state index < -0.39 is 29.4 Å². The molecule has 1 aromatic carbocycles. The summed E-state index contributed by atoms with van der Waals surface area (Å²) in [7, 11) is 1.45. The average molecular weight is 597 g/mol. The summed E-state index contributed by atoms with van der Waals surface area (Å²) >= 11 is 0. The van der Waals surface area contributed by atoms with Crippen molar-refractivity contribution < 1.29 is 32.5 Å². The number of benzene rings is 1. The molecule has 226 valence electrons. The summed E-state index contributed by atoms with van der Waals surface area (Å²) in [6.07, 6.45) is -3.75. The number of methoxy groups -OCH3 is 1. The number of aromatic nitrogens is 2. The molecular formula is C30H31F3N6O4. The first-order chi connectivity index (χ1) is 20.5. The van der Waals surface area contributed by atoms with Crippen LogP contribution in [0.4, 0.5) is 29.3 Å². The topological polar surface area (TPSA) is 138 Å². The van der Waals surface area contributed by atoms with Crippen molar-refractivity contribution in [2.75, 3.05) is 43.2 Å². The molecule has 3 aromatic rings. The van der Waals surface area contributed by atoms with Crippen molar-refractivity contribution >= 4 is 17.5 Å². The smallest absolute Gasteiger partial charge is 0.416 e.